The Labute approximate surface area is 149 Å². The van der Waals surface area contributed by atoms with Crippen molar-refractivity contribution in [3.05, 3.63) is 46.2 Å². The van der Waals surface area contributed by atoms with Crippen LogP contribution in [-0.4, -0.2) is 36.7 Å². The van der Waals surface area contributed by atoms with Crippen molar-refractivity contribution in [3.63, 3.8) is 0 Å². The molecular formula is C17H17ClN2O3S. The quantitative estimate of drug-likeness (QED) is 0.760. The Bertz CT molecular complexity index is 761. The molecule has 1 aromatic heterocycles. The highest BCUT2D eigenvalue weighted by molar-refractivity contribution is 7.12. The van der Waals surface area contributed by atoms with E-state index in [1.54, 1.807) is 25.6 Å². The Morgan fingerprint density at radius 1 is 1.33 bits per heavy atom. The molecule has 0 bridgehead atoms. The second kappa shape index (κ2) is 7.23. The van der Waals surface area contributed by atoms with E-state index in [4.69, 9.17) is 21.1 Å². The van der Waals surface area contributed by atoms with Crippen LogP contribution < -0.4 is 9.47 Å². The normalized spacial score (nSPS) is 16.9. The molecule has 1 atom stereocenters. The lowest BCUT2D eigenvalue weighted by molar-refractivity contribution is -0.130. The van der Waals surface area contributed by atoms with Crippen LogP contribution in [0.3, 0.4) is 0 Å². The van der Waals surface area contributed by atoms with Gasteiger partial charge in [-0.25, -0.2) is 5.01 Å². The van der Waals surface area contributed by atoms with Crippen molar-refractivity contribution in [2.24, 2.45) is 5.10 Å². The van der Waals surface area contributed by atoms with Gasteiger partial charge in [0.25, 0.3) is 5.91 Å². The van der Waals surface area contributed by atoms with E-state index in [9.17, 15) is 4.79 Å². The summed E-state index contributed by atoms with van der Waals surface area (Å²) in [5, 5.41) is 7.97. The number of hydrogen-bond donors (Lipinski definition) is 0. The van der Waals surface area contributed by atoms with Crippen LogP contribution in [-0.2, 0) is 4.79 Å². The van der Waals surface area contributed by atoms with Gasteiger partial charge in [-0.15, -0.1) is 22.9 Å². The van der Waals surface area contributed by atoms with Crippen molar-refractivity contribution in [2.75, 3.05) is 20.1 Å². The third-order valence-electron chi connectivity index (χ3n) is 3.88. The maximum absolute atomic E-state index is 12.3. The number of amides is 1. The van der Waals surface area contributed by atoms with Crippen LogP contribution in [0.15, 0.2) is 40.8 Å². The first-order chi connectivity index (χ1) is 11.7. The third-order valence-corrected chi connectivity index (χ3v) is 5.03. The first-order valence-electron chi connectivity index (χ1n) is 7.39. The Morgan fingerprint density at radius 3 is 2.79 bits per heavy atom. The van der Waals surface area contributed by atoms with Crippen molar-refractivity contribution in [3.8, 4) is 11.5 Å². The summed E-state index contributed by atoms with van der Waals surface area (Å²) < 4.78 is 10.9. The molecule has 3 rings (SSSR count). The number of nitrogens with zero attached hydrogens (tertiary/aromatic N) is 2. The Balaban J connectivity index is 2.02. The van der Waals surface area contributed by atoms with E-state index < -0.39 is 0 Å². The van der Waals surface area contributed by atoms with Crippen LogP contribution >= 0.6 is 22.9 Å². The highest BCUT2D eigenvalue weighted by Gasteiger charge is 2.35. The Kier molecular flexibility index (Phi) is 5.06. The van der Waals surface area contributed by atoms with Crippen LogP contribution in [0.4, 0.5) is 0 Å². The number of thiophene rings is 1. The monoisotopic (exact) mass is 364 g/mol. The molecule has 0 spiro atoms. The van der Waals surface area contributed by atoms with Gasteiger partial charge in [-0.3, -0.25) is 4.79 Å². The zero-order chi connectivity index (χ0) is 17.1. The molecule has 0 unspecified atom stereocenters. The molecule has 0 saturated carbocycles. The summed E-state index contributed by atoms with van der Waals surface area (Å²) in [5.74, 6) is 0.875. The first-order valence-corrected chi connectivity index (χ1v) is 8.81. The first kappa shape index (κ1) is 16.8. The predicted molar refractivity (Wildman–Crippen MR) is 95.3 cm³/mol. The number of hydrazone groups is 1. The molecule has 5 nitrogen and oxygen atoms in total. The van der Waals surface area contributed by atoms with Crippen LogP contribution in [0.1, 0.15) is 22.9 Å². The zero-order valence-electron chi connectivity index (χ0n) is 13.4. The number of methoxy groups -OCH3 is 2. The summed E-state index contributed by atoms with van der Waals surface area (Å²) in [5.41, 5.74) is 1.73. The summed E-state index contributed by atoms with van der Waals surface area (Å²) in [6.45, 7) is 0. The number of hydrogen-bond acceptors (Lipinski definition) is 5. The molecule has 0 radical (unpaired) electrons. The predicted octanol–water partition coefficient (Wildman–Crippen LogP) is 3.68. The number of alkyl halides is 1. The van der Waals surface area contributed by atoms with Gasteiger partial charge in [-0.2, -0.15) is 5.10 Å². The zero-order valence-corrected chi connectivity index (χ0v) is 14.9. The van der Waals surface area contributed by atoms with E-state index in [0.717, 1.165) is 16.2 Å². The number of halogens is 1. The minimum Gasteiger partial charge on any atom is -0.493 e. The molecular weight excluding hydrogens is 348 g/mol. The standard InChI is InChI=1S/C17H17ClN2O3S/c1-22-14-6-3-5-11(17(14)23-2)13-9-12(15-7-4-8-24-15)19-20(13)16(21)10-18/h3-8,13H,9-10H2,1-2H3/t13-/m0/s1. The third kappa shape index (κ3) is 2.99. The second-order valence-electron chi connectivity index (χ2n) is 5.20. The lowest BCUT2D eigenvalue weighted by Gasteiger charge is -2.23. The average molecular weight is 365 g/mol. The molecule has 1 amide bonds. The average Bonchev–Trinajstić information content (AvgIpc) is 3.29. The minimum atomic E-state index is -0.265. The van der Waals surface area contributed by atoms with E-state index in [1.165, 1.54) is 5.01 Å². The number of ether oxygens (including phenoxy) is 2. The summed E-state index contributed by atoms with van der Waals surface area (Å²) in [6.07, 6.45) is 0.604. The molecule has 2 aromatic rings. The smallest absolute Gasteiger partial charge is 0.258 e. The van der Waals surface area contributed by atoms with Gasteiger partial charge in [0.05, 0.1) is 30.9 Å². The van der Waals surface area contributed by atoms with Gasteiger partial charge in [0.15, 0.2) is 11.5 Å². The molecule has 126 valence electrons. The Hall–Kier alpha value is -2.05. The fourth-order valence-electron chi connectivity index (χ4n) is 2.81. The lowest BCUT2D eigenvalue weighted by atomic mass is 9.99. The van der Waals surface area contributed by atoms with Gasteiger partial charge in [0, 0.05) is 12.0 Å². The SMILES string of the molecule is COc1cccc([C@@H]2CC(c3cccs3)=NN2C(=O)CCl)c1OC. The van der Waals surface area contributed by atoms with E-state index in [2.05, 4.69) is 5.10 Å². The van der Waals surface area contributed by atoms with Crippen LogP contribution in [0.5, 0.6) is 11.5 Å². The number of rotatable bonds is 5. The fraction of sp³-hybridized carbons (Fsp3) is 0.294. The minimum absolute atomic E-state index is 0.121. The van der Waals surface area contributed by atoms with E-state index in [-0.39, 0.29) is 17.8 Å². The summed E-state index contributed by atoms with van der Waals surface area (Å²) in [7, 11) is 3.18. The van der Waals surface area contributed by atoms with Crippen molar-refractivity contribution < 1.29 is 14.3 Å². The molecule has 7 heteroatoms. The summed E-state index contributed by atoms with van der Waals surface area (Å²) in [6, 6.07) is 9.33. The van der Waals surface area contributed by atoms with Crippen LogP contribution in [0.2, 0.25) is 0 Å². The maximum Gasteiger partial charge on any atom is 0.258 e. The maximum atomic E-state index is 12.3. The van der Waals surface area contributed by atoms with Crippen LogP contribution in [0, 0.1) is 0 Å². The molecule has 2 heterocycles. The van der Waals surface area contributed by atoms with Crippen molar-refractivity contribution in [1.29, 1.82) is 0 Å². The molecule has 0 saturated heterocycles. The Morgan fingerprint density at radius 2 is 2.17 bits per heavy atom. The molecule has 1 aromatic carbocycles. The highest BCUT2D eigenvalue weighted by Crippen LogP contribution is 2.42. The second-order valence-corrected chi connectivity index (χ2v) is 6.41. The number of benzene rings is 1. The molecule has 0 fully saturated rings. The van der Waals surface area contributed by atoms with Gasteiger partial charge in [-0.1, -0.05) is 18.2 Å². The van der Waals surface area contributed by atoms with Crippen molar-refractivity contribution in [2.45, 2.75) is 12.5 Å². The van der Waals surface area contributed by atoms with E-state index >= 15 is 0 Å². The van der Waals surface area contributed by atoms with E-state index in [1.807, 2.05) is 35.7 Å². The van der Waals surface area contributed by atoms with E-state index in [0.29, 0.717) is 17.9 Å². The summed E-state index contributed by atoms with van der Waals surface area (Å²) in [4.78, 5) is 13.3. The lowest BCUT2D eigenvalue weighted by Crippen LogP contribution is -2.28. The summed E-state index contributed by atoms with van der Waals surface area (Å²) >= 11 is 7.37. The largest absolute Gasteiger partial charge is 0.493 e. The van der Waals surface area contributed by atoms with Gasteiger partial charge < -0.3 is 9.47 Å². The number of carbonyl (C=O) groups excluding carboxylic acids is 1. The van der Waals surface area contributed by atoms with Gasteiger partial charge in [0.1, 0.15) is 5.88 Å². The molecule has 1 aliphatic rings. The topological polar surface area (TPSA) is 51.1 Å². The van der Waals surface area contributed by atoms with Crippen molar-refractivity contribution in [1.82, 2.24) is 5.01 Å². The molecule has 0 aliphatic carbocycles. The molecule has 0 N–H and O–H groups in total. The van der Waals surface area contributed by atoms with Crippen LogP contribution in [0.25, 0.3) is 0 Å². The molecule has 24 heavy (non-hydrogen) atoms. The van der Waals surface area contributed by atoms with Crippen molar-refractivity contribution >= 4 is 34.6 Å². The van der Waals surface area contributed by atoms with Gasteiger partial charge >= 0.3 is 0 Å². The highest BCUT2D eigenvalue weighted by atomic mass is 35.5. The molecule has 1 aliphatic heterocycles. The van der Waals surface area contributed by atoms with Gasteiger partial charge in [0.2, 0.25) is 0 Å². The van der Waals surface area contributed by atoms with Gasteiger partial charge in [-0.05, 0) is 17.5 Å². The number of para-hydroxylation sites is 1. The number of carbonyl (C=O) groups is 1. The fourth-order valence-corrected chi connectivity index (χ4v) is 3.65.